The van der Waals surface area contributed by atoms with Crippen molar-refractivity contribution >= 4 is 5.91 Å². The SMILES string of the molecule is CNCCCC(=O)N(C)CCC1CCOCC1. The fourth-order valence-corrected chi connectivity index (χ4v) is 2.14. The van der Waals surface area contributed by atoms with E-state index in [1.165, 1.54) is 0 Å². The third kappa shape index (κ3) is 6.03. The zero-order chi connectivity index (χ0) is 12.5. The molecule has 0 aromatic heterocycles. The quantitative estimate of drug-likeness (QED) is 0.683. The Morgan fingerprint density at radius 2 is 2.12 bits per heavy atom. The molecule has 0 aromatic rings. The van der Waals surface area contributed by atoms with Gasteiger partial charge < -0.3 is 15.0 Å². The van der Waals surface area contributed by atoms with Gasteiger partial charge in [0.25, 0.3) is 0 Å². The van der Waals surface area contributed by atoms with Crippen LogP contribution in [0.3, 0.4) is 0 Å². The van der Waals surface area contributed by atoms with Crippen molar-refractivity contribution < 1.29 is 9.53 Å². The molecule has 4 heteroatoms. The number of rotatable bonds is 7. The zero-order valence-electron chi connectivity index (χ0n) is 11.2. The molecule has 0 aliphatic carbocycles. The molecule has 1 heterocycles. The highest BCUT2D eigenvalue weighted by atomic mass is 16.5. The summed E-state index contributed by atoms with van der Waals surface area (Å²) in [7, 11) is 3.83. The molecule has 1 amide bonds. The van der Waals surface area contributed by atoms with E-state index in [2.05, 4.69) is 5.32 Å². The van der Waals surface area contributed by atoms with E-state index in [0.717, 1.165) is 57.9 Å². The summed E-state index contributed by atoms with van der Waals surface area (Å²) in [6, 6.07) is 0. The highest BCUT2D eigenvalue weighted by molar-refractivity contribution is 5.75. The number of hydrogen-bond acceptors (Lipinski definition) is 3. The van der Waals surface area contributed by atoms with Crippen LogP contribution < -0.4 is 5.32 Å². The van der Waals surface area contributed by atoms with E-state index in [4.69, 9.17) is 4.74 Å². The van der Waals surface area contributed by atoms with Crippen molar-refractivity contribution in [2.45, 2.75) is 32.1 Å². The predicted octanol–water partition coefficient (Wildman–Crippen LogP) is 1.26. The number of carbonyl (C=O) groups excluding carboxylic acids is 1. The fourth-order valence-electron chi connectivity index (χ4n) is 2.14. The second kappa shape index (κ2) is 8.48. The first-order chi connectivity index (χ1) is 8.24. The van der Waals surface area contributed by atoms with Crippen LogP contribution in [0, 0.1) is 5.92 Å². The molecule has 0 radical (unpaired) electrons. The van der Waals surface area contributed by atoms with Crippen molar-refractivity contribution in [2.24, 2.45) is 5.92 Å². The molecule has 1 aliphatic rings. The summed E-state index contributed by atoms with van der Waals surface area (Å²) >= 11 is 0. The van der Waals surface area contributed by atoms with Crippen LogP contribution in [-0.2, 0) is 9.53 Å². The minimum absolute atomic E-state index is 0.271. The molecule has 0 unspecified atom stereocenters. The molecular weight excluding hydrogens is 216 g/mol. The van der Waals surface area contributed by atoms with Gasteiger partial charge in [-0.1, -0.05) is 0 Å². The molecule has 1 saturated heterocycles. The highest BCUT2D eigenvalue weighted by Gasteiger charge is 2.15. The van der Waals surface area contributed by atoms with Crippen molar-refractivity contribution in [3.8, 4) is 0 Å². The maximum atomic E-state index is 11.8. The number of nitrogens with one attached hydrogen (secondary N) is 1. The lowest BCUT2D eigenvalue weighted by molar-refractivity contribution is -0.130. The van der Waals surface area contributed by atoms with E-state index < -0.39 is 0 Å². The monoisotopic (exact) mass is 242 g/mol. The summed E-state index contributed by atoms with van der Waals surface area (Å²) in [5.74, 6) is 1.02. The summed E-state index contributed by atoms with van der Waals surface area (Å²) in [6.07, 6.45) is 5.02. The maximum Gasteiger partial charge on any atom is 0.222 e. The second-order valence-corrected chi connectivity index (χ2v) is 4.87. The van der Waals surface area contributed by atoms with Crippen molar-refractivity contribution in [1.29, 1.82) is 0 Å². The van der Waals surface area contributed by atoms with Gasteiger partial charge in [0.15, 0.2) is 0 Å². The van der Waals surface area contributed by atoms with E-state index in [9.17, 15) is 4.79 Å². The molecule has 0 aromatic carbocycles. The Hall–Kier alpha value is -0.610. The van der Waals surface area contributed by atoms with Gasteiger partial charge in [0.05, 0.1) is 0 Å². The molecule has 1 rings (SSSR count). The average Bonchev–Trinajstić information content (AvgIpc) is 2.37. The molecule has 1 N–H and O–H groups in total. The van der Waals surface area contributed by atoms with Crippen LogP contribution in [0.15, 0.2) is 0 Å². The van der Waals surface area contributed by atoms with Crippen LogP contribution in [0.25, 0.3) is 0 Å². The normalized spacial score (nSPS) is 17.1. The Balaban J connectivity index is 2.10. The molecule has 1 aliphatic heterocycles. The maximum absolute atomic E-state index is 11.8. The first-order valence-electron chi connectivity index (χ1n) is 6.70. The van der Waals surface area contributed by atoms with Gasteiger partial charge >= 0.3 is 0 Å². The van der Waals surface area contributed by atoms with Crippen LogP contribution in [-0.4, -0.2) is 51.2 Å². The van der Waals surface area contributed by atoms with Crippen LogP contribution >= 0.6 is 0 Å². The summed E-state index contributed by atoms with van der Waals surface area (Å²) < 4.78 is 5.33. The van der Waals surface area contributed by atoms with Gasteiger partial charge in [-0.3, -0.25) is 4.79 Å². The standard InChI is InChI=1S/C13H26N2O2/c1-14-8-3-4-13(16)15(2)9-5-12-6-10-17-11-7-12/h12,14H,3-11H2,1-2H3. The number of amides is 1. The van der Waals surface area contributed by atoms with E-state index in [-0.39, 0.29) is 5.91 Å². The number of hydrogen-bond donors (Lipinski definition) is 1. The predicted molar refractivity (Wildman–Crippen MR) is 69.0 cm³/mol. The van der Waals surface area contributed by atoms with Crippen molar-refractivity contribution in [3.63, 3.8) is 0 Å². The average molecular weight is 242 g/mol. The first kappa shape index (κ1) is 14.5. The van der Waals surface area contributed by atoms with Gasteiger partial charge in [-0.05, 0) is 45.2 Å². The van der Waals surface area contributed by atoms with Crippen LogP contribution in [0.1, 0.15) is 32.1 Å². The fraction of sp³-hybridized carbons (Fsp3) is 0.923. The Labute approximate surface area is 105 Å². The van der Waals surface area contributed by atoms with Gasteiger partial charge in [0.1, 0.15) is 0 Å². The molecule has 100 valence electrons. The van der Waals surface area contributed by atoms with Gasteiger partial charge in [-0.2, -0.15) is 0 Å². The Morgan fingerprint density at radius 1 is 1.41 bits per heavy atom. The van der Waals surface area contributed by atoms with E-state index in [0.29, 0.717) is 6.42 Å². The van der Waals surface area contributed by atoms with Crippen LogP contribution in [0.5, 0.6) is 0 Å². The smallest absolute Gasteiger partial charge is 0.222 e. The molecule has 0 bridgehead atoms. The number of carbonyl (C=O) groups is 1. The van der Waals surface area contributed by atoms with Crippen molar-refractivity contribution in [2.75, 3.05) is 40.4 Å². The molecule has 0 atom stereocenters. The lowest BCUT2D eigenvalue weighted by atomic mass is 9.96. The molecule has 0 saturated carbocycles. The van der Waals surface area contributed by atoms with E-state index in [1.54, 1.807) is 0 Å². The minimum Gasteiger partial charge on any atom is -0.381 e. The van der Waals surface area contributed by atoms with E-state index >= 15 is 0 Å². The zero-order valence-corrected chi connectivity index (χ0v) is 11.2. The van der Waals surface area contributed by atoms with Gasteiger partial charge in [0, 0.05) is 33.2 Å². The lowest BCUT2D eigenvalue weighted by Gasteiger charge is -2.25. The Morgan fingerprint density at radius 3 is 2.76 bits per heavy atom. The lowest BCUT2D eigenvalue weighted by Crippen LogP contribution is -2.30. The molecule has 17 heavy (non-hydrogen) atoms. The third-order valence-electron chi connectivity index (χ3n) is 3.46. The van der Waals surface area contributed by atoms with E-state index in [1.807, 2.05) is 19.0 Å². The van der Waals surface area contributed by atoms with Crippen LogP contribution in [0.4, 0.5) is 0 Å². The third-order valence-corrected chi connectivity index (χ3v) is 3.46. The molecule has 0 spiro atoms. The highest BCUT2D eigenvalue weighted by Crippen LogP contribution is 2.18. The largest absolute Gasteiger partial charge is 0.381 e. The number of nitrogens with zero attached hydrogens (tertiary/aromatic N) is 1. The Kier molecular flexibility index (Phi) is 7.21. The summed E-state index contributed by atoms with van der Waals surface area (Å²) in [5.41, 5.74) is 0. The number of ether oxygens (including phenoxy) is 1. The molecule has 1 fully saturated rings. The van der Waals surface area contributed by atoms with Crippen LogP contribution in [0.2, 0.25) is 0 Å². The van der Waals surface area contributed by atoms with Gasteiger partial charge in [-0.25, -0.2) is 0 Å². The molecular formula is C13H26N2O2. The first-order valence-corrected chi connectivity index (χ1v) is 6.70. The Bertz CT molecular complexity index is 215. The topological polar surface area (TPSA) is 41.6 Å². The van der Waals surface area contributed by atoms with Crippen molar-refractivity contribution in [1.82, 2.24) is 10.2 Å². The van der Waals surface area contributed by atoms with Gasteiger partial charge in [-0.15, -0.1) is 0 Å². The summed E-state index contributed by atoms with van der Waals surface area (Å²) in [6.45, 7) is 3.59. The summed E-state index contributed by atoms with van der Waals surface area (Å²) in [4.78, 5) is 13.6. The molecule has 4 nitrogen and oxygen atoms in total. The van der Waals surface area contributed by atoms with Gasteiger partial charge in [0.2, 0.25) is 5.91 Å². The second-order valence-electron chi connectivity index (χ2n) is 4.87. The van der Waals surface area contributed by atoms with Crippen molar-refractivity contribution in [3.05, 3.63) is 0 Å². The summed E-state index contributed by atoms with van der Waals surface area (Å²) in [5, 5.41) is 3.06. The minimum atomic E-state index is 0.271.